The highest BCUT2D eigenvalue weighted by molar-refractivity contribution is 7.87. The molecule has 0 aliphatic carbocycles. The first-order chi connectivity index (χ1) is 12.6. The van der Waals surface area contributed by atoms with E-state index in [9.17, 15) is 13.5 Å². The van der Waals surface area contributed by atoms with Gasteiger partial charge in [0.2, 0.25) is 0 Å². The average molecular weight is 392 g/mol. The van der Waals surface area contributed by atoms with Crippen LogP contribution < -0.4 is 4.18 Å². The zero-order valence-corrected chi connectivity index (χ0v) is 17.5. The van der Waals surface area contributed by atoms with Crippen molar-refractivity contribution in [3.05, 3.63) is 59.7 Å². The molecule has 0 spiro atoms. The molecular formula is C21H29NO4S. The van der Waals surface area contributed by atoms with Crippen LogP contribution >= 0.6 is 0 Å². The maximum Gasteiger partial charge on any atom is 0.339 e. The van der Waals surface area contributed by atoms with Crippen LogP contribution in [0.25, 0.3) is 0 Å². The maximum atomic E-state index is 12.5. The molecule has 0 fully saturated rings. The molecule has 0 aliphatic heterocycles. The minimum Gasteiger partial charge on any atom is -0.385 e. The third-order valence-corrected chi connectivity index (χ3v) is 6.10. The van der Waals surface area contributed by atoms with E-state index in [4.69, 9.17) is 4.18 Å². The lowest BCUT2D eigenvalue weighted by atomic mass is 9.80. The number of rotatable bonds is 8. The van der Waals surface area contributed by atoms with Gasteiger partial charge in [-0.3, -0.25) is 0 Å². The van der Waals surface area contributed by atoms with Crippen molar-refractivity contribution in [3.8, 4) is 5.75 Å². The monoisotopic (exact) mass is 391 g/mol. The second kappa shape index (κ2) is 8.42. The van der Waals surface area contributed by atoms with E-state index in [1.165, 1.54) is 12.1 Å². The van der Waals surface area contributed by atoms with Gasteiger partial charge < -0.3 is 14.2 Å². The second-order valence-electron chi connectivity index (χ2n) is 7.32. The van der Waals surface area contributed by atoms with Crippen LogP contribution in [0, 0.1) is 12.8 Å². The Labute approximate surface area is 162 Å². The molecule has 0 amide bonds. The van der Waals surface area contributed by atoms with Gasteiger partial charge >= 0.3 is 10.1 Å². The molecule has 2 rings (SSSR count). The largest absolute Gasteiger partial charge is 0.385 e. The third-order valence-electron chi connectivity index (χ3n) is 4.84. The Bertz CT molecular complexity index is 862. The summed E-state index contributed by atoms with van der Waals surface area (Å²) in [4.78, 5) is 2.12. The van der Waals surface area contributed by atoms with E-state index in [2.05, 4.69) is 0 Å². The zero-order chi connectivity index (χ0) is 20.2. The van der Waals surface area contributed by atoms with Crippen LogP contribution in [0.3, 0.4) is 0 Å². The van der Waals surface area contributed by atoms with Gasteiger partial charge in [0, 0.05) is 12.5 Å². The molecule has 0 radical (unpaired) electrons. The molecule has 0 saturated heterocycles. The lowest BCUT2D eigenvalue weighted by Gasteiger charge is -2.35. The summed E-state index contributed by atoms with van der Waals surface area (Å²) in [6.07, 6.45) is 0.510. The summed E-state index contributed by atoms with van der Waals surface area (Å²) >= 11 is 0. The molecule has 0 aliphatic rings. The second-order valence-corrected chi connectivity index (χ2v) is 8.87. The summed E-state index contributed by atoms with van der Waals surface area (Å²) in [6.45, 7) is 6.50. The summed E-state index contributed by atoms with van der Waals surface area (Å²) in [5, 5.41) is 11.2. The summed E-state index contributed by atoms with van der Waals surface area (Å²) < 4.78 is 30.4. The summed E-state index contributed by atoms with van der Waals surface area (Å²) in [5.74, 6) is 0.151. The quantitative estimate of drug-likeness (QED) is 0.697. The molecule has 6 heteroatoms. The van der Waals surface area contributed by atoms with Gasteiger partial charge in [-0.1, -0.05) is 43.7 Å². The first kappa shape index (κ1) is 21.4. The Hall–Kier alpha value is -1.89. The van der Waals surface area contributed by atoms with Crippen LogP contribution in [-0.4, -0.2) is 39.1 Å². The average Bonchev–Trinajstić information content (AvgIpc) is 2.60. The number of hydrogen-bond acceptors (Lipinski definition) is 5. The minimum atomic E-state index is -3.93. The van der Waals surface area contributed by atoms with Crippen molar-refractivity contribution in [1.82, 2.24) is 4.90 Å². The Kier molecular flexibility index (Phi) is 6.68. The summed E-state index contributed by atoms with van der Waals surface area (Å²) in [7, 11) is -0.0110. The SMILES string of the molecule is CCC(O)(c1cccc(OS(=O)(=O)c2ccc(C)cc2)c1)[C@@H](C)CN(C)C. The fraction of sp³-hybridized carbons (Fsp3) is 0.429. The molecule has 2 aromatic carbocycles. The predicted octanol–water partition coefficient (Wildman–Crippen LogP) is 3.56. The van der Waals surface area contributed by atoms with Crippen LogP contribution in [0.2, 0.25) is 0 Å². The third kappa shape index (κ3) is 5.09. The molecule has 0 bridgehead atoms. The number of hydrogen-bond donors (Lipinski definition) is 1. The molecule has 0 saturated carbocycles. The Morgan fingerprint density at radius 2 is 1.78 bits per heavy atom. The highest BCUT2D eigenvalue weighted by Gasteiger charge is 2.34. The van der Waals surface area contributed by atoms with Gasteiger partial charge in [-0.2, -0.15) is 8.42 Å². The first-order valence-electron chi connectivity index (χ1n) is 9.07. The standard InChI is InChI=1S/C21H29NO4S/c1-6-21(23,17(3)15-22(4)5)18-8-7-9-19(14-18)26-27(24,25)20-12-10-16(2)11-13-20/h7-14,17,23H,6,15H2,1-5H3/t17-,21?/m0/s1. The van der Waals surface area contributed by atoms with Crippen molar-refractivity contribution in [2.75, 3.05) is 20.6 Å². The molecule has 1 unspecified atom stereocenters. The predicted molar refractivity (Wildman–Crippen MR) is 107 cm³/mol. The molecule has 2 aromatic rings. The van der Waals surface area contributed by atoms with E-state index in [0.717, 1.165) is 5.56 Å². The molecule has 27 heavy (non-hydrogen) atoms. The molecule has 2 atom stereocenters. The number of aliphatic hydroxyl groups is 1. The molecule has 5 nitrogen and oxygen atoms in total. The molecule has 0 heterocycles. The van der Waals surface area contributed by atoms with Crippen LogP contribution in [0.4, 0.5) is 0 Å². The van der Waals surface area contributed by atoms with Gasteiger partial charge in [0.15, 0.2) is 0 Å². The van der Waals surface area contributed by atoms with E-state index in [1.54, 1.807) is 36.4 Å². The van der Waals surface area contributed by atoms with Gasteiger partial charge in [0.1, 0.15) is 10.6 Å². The smallest absolute Gasteiger partial charge is 0.339 e. The van der Waals surface area contributed by atoms with Gasteiger partial charge in [0.25, 0.3) is 0 Å². The molecular weight excluding hydrogens is 362 g/mol. The normalized spacial score (nSPS) is 15.4. The van der Waals surface area contributed by atoms with Crippen LogP contribution in [-0.2, 0) is 15.7 Å². The first-order valence-corrected chi connectivity index (χ1v) is 10.5. The summed E-state index contributed by atoms with van der Waals surface area (Å²) in [6, 6.07) is 13.2. The van der Waals surface area contributed by atoms with E-state index in [0.29, 0.717) is 18.5 Å². The number of benzene rings is 2. The van der Waals surface area contributed by atoms with E-state index >= 15 is 0 Å². The van der Waals surface area contributed by atoms with Gasteiger partial charge in [0.05, 0.1) is 5.60 Å². The van der Waals surface area contributed by atoms with Crippen molar-refractivity contribution in [1.29, 1.82) is 0 Å². The van der Waals surface area contributed by atoms with Crippen molar-refractivity contribution in [2.24, 2.45) is 5.92 Å². The molecule has 148 valence electrons. The lowest BCUT2D eigenvalue weighted by Crippen LogP contribution is -2.38. The fourth-order valence-corrected chi connectivity index (χ4v) is 4.16. The Morgan fingerprint density at radius 3 is 2.33 bits per heavy atom. The van der Waals surface area contributed by atoms with Gasteiger partial charge in [-0.15, -0.1) is 0 Å². The molecule has 0 aromatic heterocycles. The highest BCUT2D eigenvalue weighted by atomic mass is 32.2. The topological polar surface area (TPSA) is 66.8 Å². The van der Waals surface area contributed by atoms with Crippen molar-refractivity contribution in [2.45, 2.75) is 37.7 Å². The van der Waals surface area contributed by atoms with Crippen LogP contribution in [0.5, 0.6) is 5.75 Å². The zero-order valence-electron chi connectivity index (χ0n) is 16.6. The van der Waals surface area contributed by atoms with Gasteiger partial charge in [-0.25, -0.2) is 0 Å². The summed E-state index contributed by atoms with van der Waals surface area (Å²) in [5.41, 5.74) is 0.548. The van der Waals surface area contributed by atoms with Crippen LogP contribution in [0.15, 0.2) is 53.4 Å². The Morgan fingerprint density at radius 1 is 1.15 bits per heavy atom. The van der Waals surface area contributed by atoms with E-state index in [1.807, 2.05) is 39.8 Å². The molecule has 1 N–H and O–H groups in total. The van der Waals surface area contributed by atoms with Crippen LogP contribution in [0.1, 0.15) is 31.4 Å². The van der Waals surface area contributed by atoms with E-state index < -0.39 is 15.7 Å². The highest BCUT2D eigenvalue weighted by Crippen LogP contribution is 2.35. The van der Waals surface area contributed by atoms with Crippen molar-refractivity contribution in [3.63, 3.8) is 0 Å². The maximum absolute atomic E-state index is 12.5. The van der Waals surface area contributed by atoms with Gasteiger partial charge in [-0.05, 0) is 57.3 Å². The van der Waals surface area contributed by atoms with E-state index in [-0.39, 0.29) is 16.6 Å². The Balaban J connectivity index is 2.32. The lowest BCUT2D eigenvalue weighted by molar-refractivity contribution is -0.0292. The fourth-order valence-electron chi connectivity index (χ4n) is 3.23. The number of nitrogens with zero attached hydrogens (tertiary/aromatic N) is 1. The van der Waals surface area contributed by atoms with Crippen molar-refractivity contribution < 1.29 is 17.7 Å². The minimum absolute atomic E-state index is 0.0403. The number of aryl methyl sites for hydroxylation is 1. The van der Waals surface area contributed by atoms with Crippen molar-refractivity contribution >= 4 is 10.1 Å².